The minimum atomic E-state index is -0.569. The van der Waals surface area contributed by atoms with Crippen LogP contribution in [0.25, 0.3) is 0 Å². The maximum atomic E-state index is 11.9. The minimum Gasteiger partial charge on any atom is -0.354 e. The lowest BCUT2D eigenvalue weighted by Crippen LogP contribution is -2.44. The first-order valence-electron chi connectivity index (χ1n) is 5.95. The van der Waals surface area contributed by atoms with Gasteiger partial charge in [0.2, 0.25) is 0 Å². The largest absolute Gasteiger partial charge is 0.354 e. The van der Waals surface area contributed by atoms with E-state index in [1.165, 1.54) is 0 Å². The van der Waals surface area contributed by atoms with Crippen molar-refractivity contribution in [1.29, 1.82) is 0 Å². The molecule has 0 N–H and O–H groups in total. The Balaban J connectivity index is 2.69. The fraction of sp³-hybridized carbons (Fsp3) is 0.923. The maximum Gasteiger partial charge on any atom is 0.162 e. The van der Waals surface area contributed by atoms with E-state index < -0.39 is 5.79 Å². The van der Waals surface area contributed by atoms with Crippen LogP contribution in [0.15, 0.2) is 0 Å². The molecule has 0 bridgehead atoms. The maximum absolute atomic E-state index is 11.9. The van der Waals surface area contributed by atoms with Crippen molar-refractivity contribution in [2.75, 3.05) is 7.11 Å². The van der Waals surface area contributed by atoms with E-state index in [2.05, 4.69) is 0 Å². The van der Waals surface area contributed by atoms with Crippen LogP contribution in [-0.2, 0) is 14.3 Å². The number of methoxy groups -OCH3 is 1. The number of hydrogen-bond donors (Lipinski definition) is 0. The zero-order valence-electron chi connectivity index (χ0n) is 11.3. The number of ketones is 1. The Morgan fingerprint density at radius 2 is 1.94 bits per heavy atom. The molecule has 1 fully saturated rings. The number of ether oxygens (including phenoxy) is 2. The van der Waals surface area contributed by atoms with E-state index in [9.17, 15) is 4.79 Å². The van der Waals surface area contributed by atoms with Gasteiger partial charge in [-0.25, -0.2) is 0 Å². The summed E-state index contributed by atoms with van der Waals surface area (Å²) >= 11 is 0. The predicted molar refractivity (Wildman–Crippen MR) is 63.1 cm³/mol. The predicted octanol–water partition coefficient (Wildman–Crippen LogP) is 2.78. The van der Waals surface area contributed by atoms with Gasteiger partial charge in [0.05, 0.1) is 6.10 Å². The molecule has 1 aliphatic rings. The fourth-order valence-electron chi connectivity index (χ4n) is 2.46. The first kappa shape index (κ1) is 13.7. The summed E-state index contributed by atoms with van der Waals surface area (Å²) in [6, 6.07) is 0. The summed E-state index contributed by atoms with van der Waals surface area (Å²) in [6.07, 6.45) is 1.69. The zero-order chi connectivity index (χ0) is 12.6. The molecule has 0 radical (unpaired) electrons. The lowest BCUT2D eigenvalue weighted by atomic mass is 9.70. The van der Waals surface area contributed by atoms with E-state index >= 15 is 0 Å². The molecule has 2 atom stereocenters. The Morgan fingerprint density at radius 1 is 1.38 bits per heavy atom. The number of carbonyl (C=O) groups is 1. The molecule has 16 heavy (non-hydrogen) atoms. The van der Waals surface area contributed by atoms with E-state index in [0.29, 0.717) is 5.78 Å². The molecule has 2 unspecified atom stereocenters. The Kier molecular flexibility index (Phi) is 3.80. The van der Waals surface area contributed by atoms with Crippen LogP contribution in [0.3, 0.4) is 0 Å². The van der Waals surface area contributed by atoms with Crippen molar-refractivity contribution in [2.45, 2.75) is 59.4 Å². The molecule has 0 aromatic carbocycles. The van der Waals surface area contributed by atoms with Crippen molar-refractivity contribution in [3.8, 4) is 0 Å². The smallest absolute Gasteiger partial charge is 0.162 e. The molecule has 0 aliphatic heterocycles. The standard InChI is InChI=1S/C13H24O3/c1-9-7-10(16-13(4,5)15-6)8-12(2,3)11(9)14/h9-10H,7-8H2,1-6H3. The van der Waals surface area contributed by atoms with Crippen LogP contribution in [0.1, 0.15) is 47.5 Å². The Bertz CT molecular complexity index is 268. The lowest BCUT2D eigenvalue weighted by Gasteiger charge is -2.40. The molecular formula is C13H24O3. The van der Waals surface area contributed by atoms with Crippen LogP contribution in [0, 0.1) is 11.3 Å². The van der Waals surface area contributed by atoms with E-state index in [4.69, 9.17) is 9.47 Å². The van der Waals surface area contributed by atoms with Crippen LogP contribution in [0.4, 0.5) is 0 Å². The lowest BCUT2D eigenvalue weighted by molar-refractivity contribution is -0.234. The molecule has 3 nitrogen and oxygen atoms in total. The van der Waals surface area contributed by atoms with Crippen molar-refractivity contribution in [1.82, 2.24) is 0 Å². The molecule has 0 aromatic rings. The van der Waals surface area contributed by atoms with Gasteiger partial charge >= 0.3 is 0 Å². The average molecular weight is 228 g/mol. The van der Waals surface area contributed by atoms with Gasteiger partial charge in [-0.1, -0.05) is 20.8 Å². The van der Waals surface area contributed by atoms with Crippen molar-refractivity contribution < 1.29 is 14.3 Å². The van der Waals surface area contributed by atoms with Crippen LogP contribution >= 0.6 is 0 Å². The molecule has 0 spiro atoms. The van der Waals surface area contributed by atoms with Gasteiger partial charge in [-0.15, -0.1) is 0 Å². The summed E-state index contributed by atoms with van der Waals surface area (Å²) in [7, 11) is 1.64. The Labute approximate surface area is 98.5 Å². The van der Waals surface area contributed by atoms with Crippen molar-refractivity contribution >= 4 is 5.78 Å². The Morgan fingerprint density at radius 3 is 2.38 bits per heavy atom. The van der Waals surface area contributed by atoms with Gasteiger partial charge in [-0.2, -0.15) is 0 Å². The van der Waals surface area contributed by atoms with Crippen LogP contribution in [0.5, 0.6) is 0 Å². The van der Waals surface area contributed by atoms with Gasteiger partial charge in [-0.3, -0.25) is 4.79 Å². The number of Topliss-reactive ketones (excluding diaryl/α,β-unsaturated/α-hetero) is 1. The van der Waals surface area contributed by atoms with E-state index in [0.717, 1.165) is 12.8 Å². The van der Waals surface area contributed by atoms with Crippen LogP contribution in [0.2, 0.25) is 0 Å². The minimum absolute atomic E-state index is 0.0846. The van der Waals surface area contributed by atoms with Gasteiger partial charge in [0.1, 0.15) is 5.78 Å². The van der Waals surface area contributed by atoms with E-state index in [1.54, 1.807) is 7.11 Å². The summed E-state index contributed by atoms with van der Waals surface area (Å²) in [5.41, 5.74) is -0.272. The molecule has 0 saturated heterocycles. The second-order valence-corrected chi connectivity index (χ2v) is 5.93. The molecule has 1 rings (SSSR count). The van der Waals surface area contributed by atoms with Crippen LogP contribution in [-0.4, -0.2) is 24.8 Å². The van der Waals surface area contributed by atoms with Gasteiger partial charge in [-0.05, 0) is 26.7 Å². The van der Waals surface area contributed by atoms with Crippen molar-refractivity contribution in [2.24, 2.45) is 11.3 Å². The highest BCUT2D eigenvalue weighted by Gasteiger charge is 2.41. The highest BCUT2D eigenvalue weighted by atomic mass is 16.7. The summed E-state index contributed by atoms with van der Waals surface area (Å²) in [5, 5.41) is 0. The summed E-state index contributed by atoms with van der Waals surface area (Å²) in [4.78, 5) is 11.9. The summed E-state index contributed by atoms with van der Waals surface area (Å²) in [5.74, 6) is -0.134. The molecule has 0 aromatic heterocycles. The SMILES string of the molecule is COC(C)(C)OC1CC(C)C(=O)C(C)(C)C1. The van der Waals surface area contributed by atoms with Crippen molar-refractivity contribution in [3.05, 3.63) is 0 Å². The molecule has 94 valence electrons. The molecule has 1 saturated carbocycles. The first-order chi connectivity index (χ1) is 7.18. The molecular weight excluding hydrogens is 204 g/mol. The second kappa shape index (κ2) is 4.46. The van der Waals surface area contributed by atoms with E-state index in [1.807, 2.05) is 34.6 Å². The molecule has 0 amide bonds. The highest BCUT2D eigenvalue weighted by Crippen LogP contribution is 2.38. The van der Waals surface area contributed by atoms with Gasteiger partial charge in [0.15, 0.2) is 5.79 Å². The molecule has 1 aliphatic carbocycles. The van der Waals surface area contributed by atoms with E-state index in [-0.39, 0.29) is 17.4 Å². The van der Waals surface area contributed by atoms with Crippen molar-refractivity contribution in [3.63, 3.8) is 0 Å². The zero-order valence-corrected chi connectivity index (χ0v) is 11.3. The highest BCUT2D eigenvalue weighted by molar-refractivity contribution is 5.86. The Hall–Kier alpha value is -0.410. The fourth-order valence-corrected chi connectivity index (χ4v) is 2.46. The average Bonchev–Trinajstić information content (AvgIpc) is 2.13. The third-order valence-corrected chi connectivity index (χ3v) is 3.41. The molecule has 0 heterocycles. The topological polar surface area (TPSA) is 35.5 Å². The monoisotopic (exact) mass is 228 g/mol. The number of hydrogen-bond acceptors (Lipinski definition) is 3. The van der Waals surface area contributed by atoms with Gasteiger partial charge < -0.3 is 9.47 Å². The molecule has 3 heteroatoms. The first-order valence-corrected chi connectivity index (χ1v) is 5.95. The van der Waals surface area contributed by atoms with Gasteiger partial charge in [0, 0.05) is 18.4 Å². The van der Waals surface area contributed by atoms with Gasteiger partial charge in [0.25, 0.3) is 0 Å². The third-order valence-electron chi connectivity index (χ3n) is 3.41. The van der Waals surface area contributed by atoms with Crippen LogP contribution < -0.4 is 0 Å². The number of carbonyl (C=O) groups excluding carboxylic acids is 1. The summed E-state index contributed by atoms with van der Waals surface area (Å²) < 4.78 is 11.2. The summed E-state index contributed by atoms with van der Waals surface area (Å²) in [6.45, 7) is 9.80. The number of rotatable bonds is 3. The third kappa shape index (κ3) is 3.05. The quantitative estimate of drug-likeness (QED) is 0.697. The second-order valence-electron chi connectivity index (χ2n) is 5.93. The normalized spacial score (nSPS) is 30.5.